The van der Waals surface area contributed by atoms with Crippen LogP contribution in [0.2, 0.25) is 0 Å². The SMILES string of the molecule is C1=CC(C2=CCC(N(c3ccc(-c4cccc5ccccc45)cc3)c3ccccc3-c3cccc4oc5cc6ccccc6cc5c34)C=C2)=C2C=Cc3ccccc3C2C1. The molecule has 2 unspecified atom stereocenters. The summed E-state index contributed by atoms with van der Waals surface area (Å²) in [5.41, 5.74) is 15.7. The van der Waals surface area contributed by atoms with Crippen LogP contribution in [0.1, 0.15) is 29.9 Å². The van der Waals surface area contributed by atoms with Crippen molar-refractivity contribution in [3.63, 3.8) is 0 Å². The number of allylic oxidation sites excluding steroid dienone is 7. The average molecular weight is 768 g/mol. The molecular formula is C58H41NO. The zero-order valence-electron chi connectivity index (χ0n) is 33.1. The highest BCUT2D eigenvalue weighted by atomic mass is 16.3. The molecule has 0 spiro atoms. The molecule has 3 aliphatic rings. The highest BCUT2D eigenvalue weighted by Crippen LogP contribution is 2.46. The number of furan rings is 1. The third kappa shape index (κ3) is 5.71. The van der Waals surface area contributed by atoms with E-state index in [-0.39, 0.29) is 6.04 Å². The highest BCUT2D eigenvalue weighted by Gasteiger charge is 2.28. The van der Waals surface area contributed by atoms with Gasteiger partial charge in [-0.1, -0.05) is 176 Å². The summed E-state index contributed by atoms with van der Waals surface area (Å²) >= 11 is 0. The van der Waals surface area contributed by atoms with Gasteiger partial charge >= 0.3 is 0 Å². The Balaban J connectivity index is 0.986. The molecule has 0 saturated carbocycles. The van der Waals surface area contributed by atoms with Crippen molar-refractivity contribution < 1.29 is 4.42 Å². The Labute approximate surface area is 350 Å². The third-order valence-corrected chi connectivity index (χ3v) is 12.9. The van der Waals surface area contributed by atoms with Gasteiger partial charge in [0.05, 0.1) is 6.04 Å². The minimum atomic E-state index is 0.0825. The molecule has 2 atom stereocenters. The van der Waals surface area contributed by atoms with Crippen molar-refractivity contribution in [2.75, 3.05) is 4.90 Å². The van der Waals surface area contributed by atoms with Gasteiger partial charge in [0.15, 0.2) is 0 Å². The van der Waals surface area contributed by atoms with Crippen molar-refractivity contribution in [2.45, 2.75) is 24.8 Å². The van der Waals surface area contributed by atoms with Crippen molar-refractivity contribution in [1.82, 2.24) is 0 Å². The van der Waals surface area contributed by atoms with Crippen molar-refractivity contribution >= 4 is 60.9 Å². The number of anilines is 2. The fraction of sp³-hybridized carbons (Fsp3) is 0.0690. The van der Waals surface area contributed by atoms with Crippen LogP contribution in [-0.2, 0) is 0 Å². The average Bonchev–Trinajstić information content (AvgIpc) is 3.68. The predicted octanol–water partition coefficient (Wildman–Crippen LogP) is 15.7. The Morgan fingerprint density at radius 3 is 2.13 bits per heavy atom. The summed E-state index contributed by atoms with van der Waals surface area (Å²) in [7, 11) is 0. The second kappa shape index (κ2) is 14.1. The molecule has 0 saturated heterocycles. The van der Waals surface area contributed by atoms with Crippen LogP contribution in [0.25, 0.3) is 71.8 Å². The molecule has 3 aliphatic carbocycles. The van der Waals surface area contributed by atoms with Crippen molar-refractivity contribution in [2.24, 2.45) is 0 Å². The maximum Gasteiger partial charge on any atom is 0.136 e. The van der Waals surface area contributed by atoms with Crippen LogP contribution >= 0.6 is 0 Å². The lowest BCUT2D eigenvalue weighted by Crippen LogP contribution is -2.30. The molecule has 9 aromatic rings. The first-order valence-electron chi connectivity index (χ1n) is 21.1. The van der Waals surface area contributed by atoms with E-state index in [1.807, 2.05) is 0 Å². The standard InChI is InChI=1S/C58H41NO/c1-2-15-43-37-57-54(36-42(43)14-1)58-53(23-11-25-56(58)60-57)52-19-7-8-24-55(52)59(44-31-26-40(27-32-44)47-20-9-16-38-12-3-5-17-46(38)47)45-33-28-41(29-34-45)49-21-10-22-50-48-18-6-4-13-39(48)30-35-51(49)50/h1-21,23-33,35-37,45,50H,22,34H2. The topological polar surface area (TPSA) is 16.4 Å². The lowest BCUT2D eigenvalue weighted by molar-refractivity contribution is 0.669. The van der Waals surface area contributed by atoms with Crippen molar-refractivity contribution in [3.8, 4) is 22.3 Å². The van der Waals surface area contributed by atoms with E-state index in [0.29, 0.717) is 5.92 Å². The van der Waals surface area contributed by atoms with E-state index in [2.05, 4.69) is 217 Å². The van der Waals surface area contributed by atoms with Crippen LogP contribution < -0.4 is 4.90 Å². The summed E-state index contributed by atoms with van der Waals surface area (Å²) < 4.78 is 6.59. The number of fused-ring (bicyclic) bond motifs is 8. The monoisotopic (exact) mass is 767 g/mol. The molecule has 284 valence electrons. The van der Waals surface area contributed by atoms with Gasteiger partial charge in [-0.3, -0.25) is 0 Å². The summed E-state index contributed by atoms with van der Waals surface area (Å²) in [5.74, 6) is 0.390. The molecular weight excluding hydrogens is 727 g/mol. The molecule has 2 heteroatoms. The predicted molar refractivity (Wildman–Crippen MR) is 253 cm³/mol. The smallest absolute Gasteiger partial charge is 0.136 e. The number of nitrogens with zero attached hydrogens (tertiary/aromatic N) is 1. The van der Waals surface area contributed by atoms with Gasteiger partial charge in [0.1, 0.15) is 11.2 Å². The Morgan fingerprint density at radius 2 is 1.25 bits per heavy atom. The van der Waals surface area contributed by atoms with E-state index in [1.165, 1.54) is 71.6 Å². The fourth-order valence-corrected chi connectivity index (χ4v) is 10.1. The van der Waals surface area contributed by atoms with E-state index >= 15 is 0 Å². The number of hydrogen-bond acceptors (Lipinski definition) is 2. The van der Waals surface area contributed by atoms with Crippen LogP contribution in [0, 0.1) is 0 Å². The highest BCUT2D eigenvalue weighted by molar-refractivity contribution is 6.16. The van der Waals surface area contributed by atoms with Crippen LogP contribution in [0.3, 0.4) is 0 Å². The van der Waals surface area contributed by atoms with Gasteiger partial charge < -0.3 is 9.32 Å². The van der Waals surface area contributed by atoms with Crippen LogP contribution in [0.15, 0.2) is 227 Å². The van der Waals surface area contributed by atoms with Gasteiger partial charge in [-0.15, -0.1) is 0 Å². The summed E-state index contributed by atoms with van der Waals surface area (Å²) in [6.07, 6.45) is 18.5. The Bertz CT molecular complexity index is 3330. The number of rotatable bonds is 6. The fourth-order valence-electron chi connectivity index (χ4n) is 10.1. The van der Waals surface area contributed by atoms with Crippen molar-refractivity contribution in [3.05, 3.63) is 234 Å². The molecule has 0 aliphatic heterocycles. The van der Waals surface area contributed by atoms with Gasteiger partial charge in [0.2, 0.25) is 0 Å². The molecule has 0 radical (unpaired) electrons. The molecule has 0 N–H and O–H groups in total. The van der Waals surface area contributed by atoms with Gasteiger partial charge in [0, 0.05) is 33.6 Å². The van der Waals surface area contributed by atoms with E-state index in [0.717, 1.165) is 46.2 Å². The Kier molecular flexibility index (Phi) is 8.16. The normalized spacial score (nSPS) is 17.0. The second-order valence-electron chi connectivity index (χ2n) is 16.3. The van der Waals surface area contributed by atoms with Gasteiger partial charge in [0.25, 0.3) is 0 Å². The van der Waals surface area contributed by atoms with Gasteiger partial charge in [-0.05, 0) is 115 Å². The minimum Gasteiger partial charge on any atom is -0.456 e. The number of benzene rings is 8. The lowest BCUT2D eigenvalue weighted by atomic mass is 9.75. The summed E-state index contributed by atoms with van der Waals surface area (Å²) in [6, 6.07) is 61.8. The van der Waals surface area contributed by atoms with Crippen molar-refractivity contribution in [1.29, 1.82) is 0 Å². The molecule has 12 rings (SSSR count). The van der Waals surface area contributed by atoms with Crippen LogP contribution in [-0.4, -0.2) is 6.04 Å². The van der Waals surface area contributed by atoms with Crippen LogP contribution in [0.5, 0.6) is 0 Å². The first-order chi connectivity index (χ1) is 29.7. The summed E-state index contributed by atoms with van der Waals surface area (Å²) in [5, 5.41) is 7.19. The van der Waals surface area contributed by atoms with E-state index in [4.69, 9.17) is 4.42 Å². The van der Waals surface area contributed by atoms with Gasteiger partial charge in [-0.25, -0.2) is 0 Å². The maximum atomic E-state index is 6.59. The zero-order valence-corrected chi connectivity index (χ0v) is 33.1. The molecule has 0 amide bonds. The number of hydrogen-bond donors (Lipinski definition) is 0. The Hall–Kier alpha value is -7.42. The van der Waals surface area contributed by atoms with Gasteiger partial charge in [-0.2, -0.15) is 0 Å². The quantitative estimate of drug-likeness (QED) is 0.168. The summed E-state index contributed by atoms with van der Waals surface area (Å²) in [4.78, 5) is 2.55. The first-order valence-corrected chi connectivity index (χ1v) is 21.1. The Morgan fingerprint density at radius 1 is 0.517 bits per heavy atom. The first kappa shape index (κ1) is 34.6. The molecule has 0 bridgehead atoms. The van der Waals surface area contributed by atoms with E-state index in [1.54, 1.807) is 0 Å². The van der Waals surface area contributed by atoms with E-state index < -0.39 is 0 Å². The molecule has 1 aromatic heterocycles. The number of para-hydroxylation sites is 1. The van der Waals surface area contributed by atoms with E-state index in [9.17, 15) is 0 Å². The summed E-state index contributed by atoms with van der Waals surface area (Å²) in [6.45, 7) is 0. The second-order valence-corrected chi connectivity index (χ2v) is 16.3. The third-order valence-electron chi connectivity index (χ3n) is 12.9. The molecule has 1 heterocycles. The lowest BCUT2D eigenvalue weighted by Gasteiger charge is -2.35. The maximum absolute atomic E-state index is 6.59. The largest absolute Gasteiger partial charge is 0.456 e. The molecule has 0 fully saturated rings. The molecule has 60 heavy (non-hydrogen) atoms. The molecule has 8 aromatic carbocycles. The zero-order chi connectivity index (χ0) is 39.6. The van der Waals surface area contributed by atoms with Crippen LogP contribution in [0.4, 0.5) is 11.4 Å². The minimum absolute atomic E-state index is 0.0825. The molecule has 2 nitrogen and oxygen atoms in total.